The van der Waals surface area contributed by atoms with E-state index in [1.807, 2.05) is 85.0 Å². The molecule has 20 heavy (non-hydrogen) atoms. The zero-order chi connectivity index (χ0) is 14.5. The van der Waals surface area contributed by atoms with Crippen molar-refractivity contribution in [3.63, 3.8) is 0 Å². The van der Waals surface area contributed by atoms with Crippen molar-refractivity contribution >= 4 is 11.6 Å². The van der Waals surface area contributed by atoms with E-state index in [0.29, 0.717) is 6.54 Å². The quantitative estimate of drug-likeness (QED) is 0.783. The predicted octanol–water partition coefficient (Wildman–Crippen LogP) is 2.72. The molecule has 0 saturated carbocycles. The van der Waals surface area contributed by atoms with Crippen molar-refractivity contribution in [1.82, 2.24) is 0 Å². The third kappa shape index (κ3) is 3.23. The summed E-state index contributed by atoms with van der Waals surface area (Å²) in [5, 5.41) is 0. The Morgan fingerprint density at radius 1 is 1.10 bits per heavy atom. The molecule has 0 aliphatic rings. The molecule has 0 atom stereocenters. The summed E-state index contributed by atoms with van der Waals surface area (Å²) < 4.78 is 1.97. The van der Waals surface area contributed by atoms with Gasteiger partial charge in [-0.2, -0.15) is 4.57 Å². The van der Waals surface area contributed by atoms with E-state index in [1.165, 1.54) is 0 Å². The Morgan fingerprint density at radius 3 is 2.35 bits per heavy atom. The molecule has 0 N–H and O–H groups in total. The zero-order valence-corrected chi connectivity index (χ0v) is 12.3. The van der Waals surface area contributed by atoms with Crippen molar-refractivity contribution in [1.29, 1.82) is 0 Å². The Kier molecular flexibility index (Phi) is 4.51. The molecule has 3 heteroatoms. The number of hydrogen-bond acceptors (Lipinski definition) is 1. The molecule has 1 heterocycles. The number of carbonyl (C=O) groups is 1. The third-order valence-electron chi connectivity index (χ3n) is 3.29. The smallest absolute Gasteiger partial charge is 0.293 e. The molecule has 0 unspecified atom stereocenters. The van der Waals surface area contributed by atoms with E-state index in [2.05, 4.69) is 0 Å². The molecule has 0 fully saturated rings. The highest BCUT2D eigenvalue weighted by atomic mass is 16.2. The largest absolute Gasteiger partial charge is 0.304 e. The molecular formula is C17H21N2O+. The van der Waals surface area contributed by atoms with Crippen molar-refractivity contribution in [2.24, 2.45) is 0 Å². The molecule has 104 valence electrons. The van der Waals surface area contributed by atoms with Crippen LogP contribution in [0.2, 0.25) is 0 Å². The summed E-state index contributed by atoms with van der Waals surface area (Å²) in [6, 6.07) is 15.9. The summed E-state index contributed by atoms with van der Waals surface area (Å²) in [4.78, 5) is 14.5. The molecule has 1 amide bonds. The average molecular weight is 269 g/mol. The van der Waals surface area contributed by atoms with Crippen LogP contribution in [0.15, 0.2) is 54.7 Å². The normalized spacial score (nSPS) is 10.6. The molecule has 0 radical (unpaired) electrons. The van der Waals surface area contributed by atoms with Crippen LogP contribution < -0.4 is 9.47 Å². The number of aromatic nitrogens is 1. The molecule has 0 spiro atoms. The van der Waals surface area contributed by atoms with Gasteiger partial charge in [0.05, 0.1) is 0 Å². The molecule has 2 rings (SSSR count). The average Bonchev–Trinajstić information content (AvgIpc) is 2.42. The Morgan fingerprint density at radius 2 is 1.75 bits per heavy atom. The molecule has 0 saturated heterocycles. The van der Waals surface area contributed by atoms with Crippen LogP contribution in [0.1, 0.15) is 19.5 Å². The van der Waals surface area contributed by atoms with Gasteiger partial charge in [-0.25, -0.2) is 0 Å². The van der Waals surface area contributed by atoms with E-state index in [0.717, 1.165) is 11.4 Å². The molecule has 2 aromatic rings. The fourth-order valence-electron chi connectivity index (χ4n) is 2.28. The van der Waals surface area contributed by atoms with Gasteiger partial charge in [-0.05, 0) is 26.0 Å². The number of nitrogens with zero attached hydrogens (tertiary/aromatic N) is 2. The summed E-state index contributed by atoms with van der Waals surface area (Å²) in [7, 11) is 0. The second-order valence-electron chi connectivity index (χ2n) is 5.16. The van der Waals surface area contributed by atoms with Gasteiger partial charge in [0.1, 0.15) is 0 Å². The van der Waals surface area contributed by atoms with E-state index in [4.69, 9.17) is 0 Å². The molecule has 0 aliphatic carbocycles. The summed E-state index contributed by atoms with van der Waals surface area (Å²) in [6.07, 6.45) is 1.94. The number of amides is 1. The Labute approximate surface area is 120 Å². The highest BCUT2D eigenvalue weighted by Crippen LogP contribution is 2.16. The van der Waals surface area contributed by atoms with Gasteiger partial charge in [-0.15, -0.1) is 0 Å². The molecule has 3 nitrogen and oxygen atoms in total. The van der Waals surface area contributed by atoms with E-state index < -0.39 is 0 Å². The number of anilines is 1. The van der Waals surface area contributed by atoms with Crippen LogP contribution in [-0.4, -0.2) is 11.9 Å². The van der Waals surface area contributed by atoms with Gasteiger partial charge in [-0.3, -0.25) is 4.79 Å². The zero-order valence-electron chi connectivity index (χ0n) is 12.3. The van der Waals surface area contributed by atoms with Crippen LogP contribution in [0.25, 0.3) is 0 Å². The van der Waals surface area contributed by atoms with Crippen molar-refractivity contribution in [3.05, 3.63) is 60.4 Å². The van der Waals surface area contributed by atoms with E-state index in [9.17, 15) is 4.79 Å². The maximum Gasteiger partial charge on any atom is 0.293 e. The molecular weight excluding hydrogens is 248 g/mol. The van der Waals surface area contributed by atoms with Gasteiger partial charge in [0.2, 0.25) is 6.54 Å². The van der Waals surface area contributed by atoms with Crippen molar-refractivity contribution in [2.75, 3.05) is 4.90 Å². The maximum atomic E-state index is 12.6. The Balaban J connectivity index is 2.23. The SMILES string of the molecule is Cc1cccc[n+]1CC(=O)N(c1ccccc1)C(C)C. The minimum absolute atomic E-state index is 0.102. The number of rotatable bonds is 4. The van der Waals surface area contributed by atoms with Crippen LogP contribution in [0, 0.1) is 6.92 Å². The first-order chi connectivity index (χ1) is 9.59. The first-order valence-electron chi connectivity index (χ1n) is 6.92. The first-order valence-corrected chi connectivity index (χ1v) is 6.92. The van der Waals surface area contributed by atoms with Gasteiger partial charge in [0.15, 0.2) is 11.9 Å². The minimum atomic E-state index is 0.102. The topological polar surface area (TPSA) is 24.2 Å². The van der Waals surface area contributed by atoms with Crippen LogP contribution in [0.3, 0.4) is 0 Å². The molecule has 0 aliphatic heterocycles. The summed E-state index contributed by atoms with van der Waals surface area (Å²) in [6.45, 7) is 6.44. The summed E-state index contributed by atoms with van der Waals surface area (Å²) >= 11 is 0. The van der Waals surface area contributed by atoms with Crippen molar-refractivity contribution in [3.8, 4) is 0 Å². The number of hydrogen-bond donors (Lipinski definition) is 0. The highest BCUT2D eigenvalue weighted by molar-refractivity contribution is 5.92. The fraction of sp³-hybridized carbons (Fsp3) is 0.294. The van der Waals surface area contributed by atoms with Gasteiger partial charge >= 0.3 is 0 Å². The van der Waals surface area contributed by atoms with E-state index >= 15 is 0 Å². The lowest BCUT2D eigenvalue weighted by Gasteiger charge is -2.25. The van der Waals surface area contributed by atoms with E-state index in [-0.39, 0.29) is 11.9 Å². The Bertz CT molecular complexity index is 579. The van der Waals surface area contributed by atoms with Gasteiger partial charge < -0.3 is 4.90 Å². The highest BCUT2D eigenvalue weighted by Gasteiger charge is 2.22. The lowest BCUT2D eigenvalue weighted by Crippen LogP contribution is -2.48. The number of para-hydroxylation sites is 1. The predicted molar refractivity (Wildman–Crippen MR) is 80.4 cm³/mol. The Hall–Kier alpha value is -2.16. The standard InChI is InChI=1S/C17H21N2O/c1-14(2)19(16-10-5-4-6-11-16)17(20)13-18-12-8-7-9-15(18)3/h4-12,14H,13H2,1-3H3/q+1. The minimum Gasteiger partial charge on any atom is -0.304 e. The monoisotopic (exact) mass is 269 g/mol. The van der Waals surface area contributed by atoms with Gasteiger partial charge in [0, 0.05) is 30.8 Å². The summed E-state index contributed by atoms with van der Waals surface area (Å²) in [5.41, 5.74) is 2.03. The van der Waals surface area contributed by atoms with Crippen molar-refractivity contribution < 1.29 is 9.36 Å². The second-order valence-corrected chi connectivity index (χ2v) is 5.16. The number of benzene rings is 1. The first kappa shape index (κ1) is 14.3. The maximum absolute atomic E-state index is 12.6. The van der Waals surface area contributed by atoms with Crippen LogP contribution in [-0.2, 0) is 11.3 Å². The van der Waals surface area contributed by atoms with Gasteiger partial charge in [0.25, 0.3) is 5.91 Å². The second kappa shape index (κ2) is 6.33. The van der Waals surface area contributed by atoms with Crippen LogP contribution >= 0.6 is 0 Å². The lowest BCUT2D eigenvalue weighted by atomic mass is 10.2. The third-order valence-corrected chi connectivity index (χ3v) is 3.29. The summed E-state index contributed by atoms with van der Waals surface area (Å²) in [5.74, 6) is 0.102. The number of pyridine rings is 1. The van der Waals surface area contributed by atoms with Gasteiger partial charge in [-0.1, -0.05) is 24.3 Å². The number of carbonyl (C=O) groups excluding carboxylic acids is 1. The van der Waals surface area contributed by atoms with Crippen molar-refractivity contribution in [2.45, 2.75) is 33.4 Å². The fourth-order valence-corrected chi connectivity index (χ4v) is 2.28. The van der Waals surface area contributed by atoms with E-state index in [1.54, 1.807) is 0 Å². The lowest BCUT2D eigenvalue weighted by molar-refractivity contribution is -0.690. The molecule has 1 aromatic carbocycles. The molecule has 0 bridgehead atoms. The molecule has 1 aromatic heterocycles. The van der Waals surface area contributed by atoms with Crippen LogP contribution in [0.4, 0.5) is 5.69 Å². The number of aryl methyl sites for hydroxylation is 1. The van der Waals surface area contributed by atoms with Crippen LogP contribution in [0.5, 0.6) is 0 Å².